The number of primary sulfonamides is 1. The lowest BCUT2D eigenvalue weighted by Crippen LogP contribution is -2.31. The normalized spacial score (nSPS) is 16.2. The molecule has 4 rings (SSSR count). The van der Waals surface area contributed by atoms with E-state index in [0.29, 0.717) is 15.7 Å². The van der Waals surface area contributed by atoms with Gasteiger partial charge < -0.3 is 0 Å². The van der Waals surface area contributed by atoms with Crippen LogP contribution in [-0.4, -0.2) is 30.5 Å². The van der Waals surface area contributed by atoms with Gasteiger partial charge in [0.05, 0.1) is 27.1 Å². The topological polar surface area (TPSA) is 134 Å². The highest BCUT2D eigenvalue weighted by molar-refractivity contribution is 8.00. The summed E-state index contributed by atoms with van der Waals surface area (Å²) in [7, 11) is -3.90. The number of carbonyl (C=O) groups excluding carboxylic acids is 2. The summed E-state index contributed by atoms with van der Waals surface area (Å²) in [4.78, 5) is 31.0. The molecule has 0 radical (unpaired) electrons. The quantitative estimate of drug-likeness (QED) is 0.533. The van der Waals surface area contributed by atoms with E-state index >= 15 is 0 Å². The number of imide groups is 1. The Balaban J connectivity index is 1.60. The SMILES string of the molecule is N#Cc1ccc(-c2ccc(Cl)cc2)nc1SC1CC(=O)N(c2ccc(S(N)(=O)=O)cc2)C1=O. The maximum absolute atomic E-state index is 13.0. The van der Waals surface area contributed by atoms with E-state index in [0.717, 1.165) is 22.2 Å². The Morgan fingerprint density at radius 1 is 1.06 bits per heavy atom. The van der Waals surface area contributed by atoms with Gasteiger partial charge in [-0.1, -0.05) is 35.5 Å². The summed E-state index contributed by atoms with van der Waals surface area (Å²) in [5, 5.41) is 14.7. The molecule has 1 saturated heterocycles. The van der Waals surface area contributed by atoms with Crippen molar-refractivity contribution in [2.24, 2.45) is 5.14 Å². The molecule has 1 aliphatic heterocycles. The highest BCUT2D eigenvalue weighted by atomic mass is 35.5. The van der Waals surface area contributed by atoms with Crippen LogP contribution in [0, 0.1) is 11.3 Å². The molecule has 0 saturated carbocycles. The molecular weight excluding hydrogens is 484 g/mol. The van der Waals surface area contributed by atoms with E-state index in [1.807, 2.05) is 0 Å². The number of aromatic nitrogens is 1. The molecule has 33 heavy (non-hydrogen) atoms. The largest absolute Gasteiger partial charge is 0.274 e. The number of halogens is 1. The number of sulfonamides is 1. The van der Waals surface area contributed by atoms with Crippen molar-refractivity contribution in [3.63, 3.8) is 0 Å². The predicted molar refractivity (Wildman–Crippen MR) is 124 cm³/mol. The lowest BCUT2D eigenvalue weighted by Gasteiger charge is -2.15. The highest BCUT2D eigenvalue weighted by Crippen LogP contribution is 2.36. The Bertz CT molecular complexity index is 1400. The van der Waals surface area contributed by atoms with E-state index in [9.17, 15) is 23.3 Å². The van der Waals surface area contributed by atoms with Crippen molar-refractivity contribution in [2.75, 3.05) is 4.90 Å². The van der Waals surface area contributed by atoms with Gasteiger partial charge in [-0.2, -0.15) is 5.26 Å². The summed E-state index contributed by atoms with van der Waals surface area (Å²) >= 11 is 6.98. The minimum absolute atomic E-state index is 0.0852. The Labute approximate surface area is 199 Å². The van der Waals surface area contributed by atoms with Gasteiger partial charge in [-0.15, -0.1) is 0 Å². The average Bonchev–Trinajstić information content (AvgIpc) is 3.06. The number of hydrogen-bond donors (Lipinski definition) is 1. The number of pyridine rings is 1. The fourth-order valence-corrected chi connectivity index (χ4v) is 5.02. The molecule has 1 fully saturated rings. The van der Waals surface area contributed by atoms with Gasteiger partial charge in [0.25, 0.3) is 0 Å². The molecule has 2 aromatic carbocycles. The molecule has 1 atom stereocenters. The van der Waals surface area contributed by atoms with Crippen molar-refractivity contribution in [1.82, 2.24) is 4.98 Å². The van der Waals surface area contributed by atoms with Crippen molar-refractivity contribution >= 4 is 50.9 Å². The molecular formula is C22H15ClN4O4S2. The van der Waals surface area contributed by atoms with Crippen molar-refractivity contribution in [1.29, 1.82) is 5.26 Å². The first-order chi connectivity index (χ1) is 15.7. The Hall–Kier alpha value is -3.23. The zero-order valence-corrected chi connectivity index (χ0v) is 19.2. The maximum Gasteiger partial charge on any atom is 0.247 e. The van der Waals surface area contributed by atoms with E-state index in [2.05, 4.69) is 11.1 Å². The second-order valence-electron chi connectivity index (χ2n) is 7.08. The van der Waals surface area contributed by atoms with Crippen molar-refractivity contribution < 1.29 is 18.0 Å². The molecule has 2 amide bonds. The first-order valence-corrected chi connectivity index (χ1v) is 12.3. The number of nitrogens with zero attached hydrogens (tertiary/aromatic N) is 3. The van der Waals surface area contributed by atoms with Gasteiger partial charge in [0.1, 0.15) is 11.1 Å². The summed E-state index contributed by atoms with van der Waals surface area (Å²) in [6.07, 6.45) is -0.0852. The molecule has 0 spiro atoms. The number of thioether (sulfide) groups is 1. The zero-order chi connectivity index (χ0) is 23.8. The predicted octanol–water partition coefficient (Wildman–Crippen LogP) is 3.35. The summed E-state index contributed by atoms with van der Waals surface area (Å²) in [6, 6.07) is 17.6. The van der Waals surface area contributed by atoms with Crippen molar-refractivity contribution in [2.45, 2.75) is 21.6 Å². The highest BCUT2D eigenvalue weighted by Gasteiger charge is 2.40. The standard InChI is InChI=1S/C22H15ClN4O4S2/c23-15-4-1-13(2-5-15)18-10-3-14(12-24)21(26-18)32-19-11-20(28)27(22(19)29)16-6-8-17(9-7-16)33(25,30)31/h1-10,19H,11H2,(H2,25,30,31). The number of carbonyl (C=O) groups is 2. The van der Waals surface area contributed by atoms with Crippen LogP contribution in [0.3, 0.4) is 0 Å². The fraction of sp³-hybridized carbons (Fsp3) is 0.0909. The van der Waals surface area contributed by atoms with E-state index in [1.165, 1.54) is 24.3 Å². The van der Waals surface area contributed by atoms with Crippen LogP contribution in [0.15, 0.2) is 70.6 Å². The molecule has 8 nitrogen and oxygen atoms in total. The molecule has 3 aromatic rings. The molecule has 0 bridgehead atoms. The van der Waals surface area contributed by atoms with Crippen molar-refractivity contribution in [3.8, 4) is 17.3 Å². The van der Waals surface area contributed by atoms with Gasteiger partial charge >= 0.3 is 0 Å². The molecule has 1 aromatic heterocycles. The second kappa shape index (κ2) is 8.96. The van der Waals surface area contributed by atoms with E-state index in [4.69, 9.17) is 16.7 Å². The number of rotatable bonds is 5. The second-order valence-corrected chi connectivity index (χ2v) is 10.3. The van der Waals surface area contributed by atoms with Gasteiger partial charge in [-0.05, 0) is 48.5 Å². The third-order valence-corrected chi connectivity index (χ3v) is 7.27. The summed E-state index contributed by atoms with van der Waals surface area (Å²) in [5.41, 5.74) is 1.91. The lowest BCUT2D eigenvalue weighted by atomic mass is 10.1. The van der Waals surface area contributed by atoms with Crippen LogP contribution in [0.1, 0.15) is 12.0 Å². The zero-order valence-electron chi connectivity index (χ0n) is 16.8. The first kappa shape index (κ1) is 22.9. The van der Waals surface area contributed by atoms with Gasteiger partial charge in [0.15, 0.2) is 0 Å². The van der Waals surface area contributed by atoms with Crippen LogP contribution in [0.25, 0.3) is 11.3 Å². The number of amides is 2. The molecule has 2 heterocycles. The smallest absolute Gasteiger partial charge is 0.247 e. The first-order valence-electron chi connectivity index (χ1n) is 9.51. The maximum atomic E-state index is 13.0. The van der Waals surface area contributed by atoms with Crippen molar-refractivity contribution in [3.05, 3.63) is 71.2 Å². The Morgan fingerprint density at radius 2 is 1.73 bits per heavy atom. The molecule has 1 unspecified atom stereocenters. The van der Waals surface area contributed by atoms with Crippen LogP contribution in [0.4, 0.5) is 5.69 Å². The van der Waals surface area contributed by atoms with E-state index in [1.54, 1.807) is 36.4 Å². The van der Waals surface area contributed by atoms with Gasteiger partial charge in [-0.25, -0.2) is 23.4 Å². The minimum atomic E-state index is -3.90. The number of benzene rings is 2. The lowest BCUT2D eigenvalue weighted by molar-refractivity contribution is -0.121. The van der Waals surface area contributed by atoms with Crippen LogP contribution in [0.5, 0.6) is 0 Å². The Kier molecular flexibility index (Phi) is 6.23. The van der Waals surface area contributed by atoms with Crippen LogP contribution >= 0.6 is 23.4 Å². The number of nitrogens with two attached hydrogens (primary N) is 1. The van der Waals surface area contributed by atoms with Crippen LogP contribution in [-0.2, 0) is 19.6 Å². The van der Waals surface area contributed by atoms with Gasteiger partial charge in [0, 0.05) is 17.0 Å². The Morgan fingerprint density at radius 3 is 2.33 bits per heavy atom. The summed E-state index contributed by atoms with van der Waals surface area (Å²) in [6.45, 7) is 0. The number of nitriles is 1. The third-order valence-electron chi connectivity index (χ3n) is 4.90. The van der Waals surface area contributed by atoms with Crippen LogP contribution < -0.4 is 10.0 Å². The summed E-state index contributed by atoms with van der Waals surface area (Å²) in [5.74, 6) is -0.913. The molecule has 2 N–H and O–H groups in total. The third kappa shape index (κ3) is 4.77. The van der Waals surface area contributed by atoms with E-state index < -0.39 is 27.1 Å². The summed E-state index contributed by atoms with van der Waals surface area (Å²) < 4.78 is 22.9. The minimum Gasteiger partial charge on any atom is -0.274 e. The molecule has 166 valence electrons. The molecule has 1 aliphatic rings. The molecule has 11 heteroatoms. The number of anilines is 1. The van der Waals surface area contributed by atoms with E-state index in [-0.39, 0.29) is 22.6 Å². The fourth-order valence-electron chi connectivity index (χ4n) is 3.28. The van der Waals surface area contributed by atoms with Gasteiger partial charge in [0.2, 0.25) is 21.8 Å². The van der Waals surface area contributed by atoms with Gasteiger partial charge in [-0.3, -0.25) is 9.59 Å². The van der Waals surface area contributed by atoms with Crippen LogP contribution in [0.2, 0.25) is 5.02 Å². The monoisotopic (exact) mass is 498 g/mol. The molecule has 0 aliphatic carbocycles. The average molecular weight is 499 g/mol. The number of hydrogen-bond acceptors (Lipinski definition) is 7.